The van der Waals surface area contributed by atoms with Crippen LogP contribution in [-0.2, 0) is 24.2 Å². The van der Waals surface area contributed by atoms with Gasteiger partial charge in [0.2, 0.25) is 0 Å². The molecule has 3 aromatic carbocycles. The average molecular weight is 442 g/mol. The van der Waals surface area contributed by atoms with Gasteiger partial charge in [-0.1, -0.05) is 54.6 Å². The molecule has 0 amide bonds. The number of rotatable bonds is 9. The Bertz CT molecular complexity index is 1260. The third-order valence-electron chi connectivity index (χ3n) is 5.71. The van der Waals surface area contributed by atoms with Crippen molar-refractivity contribution in [3.63, 3.8) is 0 Å². The molecule has 4 rings (SSSR count). The molecule has 1 heterocycles. The van der Waals surface area contributed by atoms with Crippen molar-refractivity contribution in [2.45, 2.75) is 25.9 Å². The molecule has 0 saturated carbocycles. The maximum atomic E-state index is 13.0. The van der Waals surface area contributed by atoms with Gasteiger partial charge >= 0.3 is 5.97 Å². The zero-order valence-corrected chi connectivity index (χ0v) is 18.7. The van der Waals surface area contributed by atoms with Crippen molar-refractivity contribution in [3.05, 3.63) is 118 Å². The van der Waals surface area contributed by atoms with E-state index in [4.69, 9.17) is 9.15 Å². The molecule has 0 atom stereocenters. The molecule has 0 fully saturated rings. The molecular formula is C28H27NO4. The van der Waals surface area contributed by atoms with E-state index in [9.17, 15) is 9.59 Å². The Morgan fingerprint density at radius 1 is 0.879 bits per heavy atom. The highest BCUT2D eigenvalue weighted by molar-refractivity contribution is 5.89. The molecule has 1 aromatic heterocycles. The Morgan fingerprint density at radius 2 is 1.61 bits per heavy atom. The van der Waals surface area contributed by atoms with Crippen molar-refractivity contribution < 1.29 is 13.9 Å². The van der Waals surface area contributed by atoms with E-state index in [-0.39, 0.29) is 11.4 Å². The second-order valence-corrected chi connectivity index (χ2v) is 8.07. The fraction of sp³-hybridized carbons (Fsp3) is 0.214. The summed E-state index contributed by atoms with van der Waals surface area (Å²) in [7, 11) is 1.37. The monoisotopic (exact) mass is 441 g/mol. The standard InChI is InChI=1S/C28H27NO4/c1-32-28(31)23-15-13-22(14-16-23)18-29(17-7-10-21-8-3-2-4-9-21)19-24-20-33-26-12-6-5-11-25(26)27(24)30/h2-6,8-9,11-16,20H,7,10,17-19H2,1H3. The van der Waals surface area contributed by atoms with E-state index in [1.165, 1.54) is 12.7 Å². The first kappa shape index (κ1) is 22.5. The predicted octanol–water partition coefficient (Wildman–Crippen LogP) is 5.21. The van der Waals surface area contributed by atoms with E-state index in [0.717, 1.165) is 24.9 Å². The summed E-state index contributed by atoms with van der Waals surface area (Å²) in [5, 5.41) is 0.599. The van der Waals surface area contributed by atoms with Crippen LogP contribution in [0.5, 0.6) is 0 Å². The highest BCUT2D eigenvalue weighted by atomic mass is 16.5. The second kappa shape index (κ2) is 10.7. The summed E-state index contributed by atoms with van der Waals surface area (Å²) in [4.78, 5) is 27.0. The maximum Gasteiger partial charge on any atom is 0.337 e. The van der Waals surface area contributed by atoms with Crippen LogP contribution >= 0.6 is 0 Å². The Hall–Kier alpha value is -3.70. The normalized spacial score (nSPS) is 11.1. The van der Waals surface area contributed by atoms with E-state index in [1.54, 1.807) is 30.5 Å². The number of nitrogens with zero attached hydrogens (tertiary/aromatic N) is 1. The number of hydrogen-bond acceptors (Lipinski definition) is 5. The molecule has 0 aliphatic rings. The molecule has 0 saturated heterocycles. The van der Waals surface area contributed by atoms with Crippen LogP contribution in [-0.4, -0.2) is 24.5 Å². The molecule has 4 aromatic rings. The van der Waals surface area contributed by atoms with Crippen LogP contribution in [0, 0.1) is 0 Å². The number of para-hydroxylation sites is 1. The lowest BCUT2D eigenvalue weighted by atomic mass is 10.1. The molecule has 0 bridgehead atoms. The van der Waals surface area contributed by atoms with Crippen LogP contribution in [0.3, 0.4) is 0 Å². The zero-order chi connectivity index (χ0) is 23.0. The Morgan fingerprint density at radius 3 is 2.36 bits per heavy atom. The molecule has 0 N–H and O–H groups in total. The van der Waals surface area contributed by atoms with Crippen molar-refractivity contribution in [1.82, 2.24) is 4.90 Å². The van der Waals surface area contributed by atoms with Gasteiger partial charge in [-0.3, -0.25) is 9.69 Å². The molecular weight excluding hydrogens is 414 g/mol. The summed E-state index contributed by atoms with van der Waals surface area (Å²) in [5.41, 5.74) is 4.12. The number of benzene rings is 3. The maximum absolute atomic E-state index is 13.0. The smallest absolute Gasteiger partial charge is 0.337 e. The van der Waals surface area contributed by atoms with Crippen LogP contribution in [0.15, 0.2) is 94.3 Å². The van der Waals surface area contributed by atoms with E-state index >= 15 is 0 Å². The second-order valence-electron chi connectivity index (χ2n) is 8.07. The van der Waals surface area contributed by atoms with Crippen molar-refractivity contribution >= 4 is 16.9 Å². The van der Waals surface area contributed by atoms with Gasteiger partial charge in [0.25, 0.3) is 0 Å². The van der Waals surface area contributed by atoms with Gasteiger partial charge in [0.05, 0.1) is 24.3 Å². The molecule has 168 valence electrons. The Balaban J connectivity index is 1.52. The summed E-state index contributed by atoms with van der Waals surface area (Å²) >= 11 is 0. The van der Waals surface area contributed by atoms with Crippen molar-refractivity contribution in [3.8, 4) is 0 Å². The largest absolute Gasteiger partial charge is 0.465 e. The van der Waals surface area contributed by atoms with Crippen molar-refractivity contribution in [2.24, 2.45) is 0 Å². The van der Waals surface area contributed by atoms with Crippen molar-refractivity contribution in [1.29, 1.82) is 0 Å². The number of carbonyl (C=O) groups is 1. The number of esters is 1. The third kappa shape index (κ3) is 5.76. The van der Waals surface area contributed by atoms with Crippen molar-refractivity contribution in [2.75, 3.05) is 13.7 Å². The fourth-order valence-corrected chi connectivity index (χ4v) is 3.96. The van der Waals surface area contributed by atoms with Gasteiger partial charge in [-0.15, -0.1) is 0 Å². The van der Waals surface area contributed by atoms with Gasteiger partial charge in [0.1, 0.15) is 5.58 Å². The minimum Gasteiger partial charge on any atom is -0.465 e. The number of fused-ring (bicyclic) bond motifs is 1. The minimum absolute atomic E-state index is 0.00551. The number of hydrogen-bond donors (Lipinski definition) is 0. The molecule has 5 heteroatoms. The van der Waals surface area contributed by atoms with Crippen LogP contribution in [0.2, 0.25) is 0 Å². The van der Waals surface area contributed by atoms with E-state index < -0.39 is 0 Å². The van der Waals surface area contributed by atoms with E-state index in [0.29, 0.717) is 35.2 Å². The zero-order valence-electron chi connectivity index (χ0n) is 18.7. The highest BCUT2D eigenvalue weighted by Gasteiger charge is 2.13. The van der Waals surface area contributed by atoms with Gasteiger partial charge in [-0.05, 0) is 54.8 Å². The summed E-state index contributed by atoms with van der Waals surface area (Å²) in [6.45, 7) is 1.96. The highest BCUT2D eigenvalue weighted by Crippen LogP contribution is 2.15. The lowest BCUT2D eigenvalue weighted by molar-refractivity contribution is 0.0600. The first-order chi connectivity index (χ1) is 16.1. The summed E-state index contributed by atoms with van der Waals surface area (Å²) < 4.78 is 10.5. The van der Waals surface area contributed by atoms with Gasteiger partial charge in [-0.25, -0.2) is 4.79 Å². The fourth-order valence-electron chi connectivity index (χ4n) is 3.96. The van der Waals surface area contributed by atoms with Crippen LogP contribution < -0.4 is 5.43 Å². The third-order valence-corrected chi connectivity index (χ3v) is 5.71. The summed E-state index contributed by atoms with van der Waals surface area (Å²) in [6.07, 6.45) is 3.50. The molecule has 0 aliphatic carbocycles. The number of methoxy groups -OCH3 is 1. The molecule has 0 unspecified atom stereocenters. The molecule has 0 aliphatic heterocycles. The molecule has 33 heavy (non-hydrogen) atoms. The van der Waals surface area contributed by atoms with Gasteiger partial charge < -0.3 is 9.15 Å². The quantitative estimate of drug-likeness (QED) is 0.334. The first-order valence-corrected chi connectivity index (χ1v) is 11.1. The van der Waals surface area contributed by atoms with E-state index in [2.05, 4.69) is 29.2 Å². The molecule has 0 radical (unpaired) electrons. The van der Waals surface area contributed by atoms with Gasteiger partial charge in [0.15, 0.2) is 5.43 Å². The van der Waals surface area contributed by atoms with Gasteiger partial charge in [0, 0.05) is 18.7 Å². The summed E-state index contributed by atoms with van der Waals surface area (Å²) in [6, 6.07) is 25.1. The van der Waals surface area contributed by atoms with Gasteiger partial charge in [-0.2, -0.15) is 0 Å². The SMILES string of the molecule is COC(=O)c1ccc(CN(CCCc2ccccc2)Cc2coc3ccccc3c2=O)cc1. The Kier molecular flexibility index (Phi) is 7.33. The van der Waals surface area contributed by atoms with Crippen LogP contribution in [0.25, 0.3) is 11.0 Å². The van der Waals surface area contributed by atoms with E-state index in [1.807, 2.05) is 30.3 Å². The number of ether oxygens (including phenoxy) is 1. The summed E-state index contributed by atoms with van der Waals surface area (Å²) in [5.74, 6) is -0.352. The lowest BCUT2D eigenvalue weighted by Gasteiger charge is -2.22. The number of carbonyl (C=O) groups excluding carboxylic acids is 1. The average Bonchev–Trinajstić information content (AvgIpc) is 2.86. The lowest BCUT2D eigenvalue weighted by Crippen LogP contribution is -2.27. The topological polar surface area (TPSA) is 59.8 Å². The van der Waals surface area contributed by atoms with Crippen LogP contribution in [0.1, 0.15) is 33.5 Å². The molecule has 0 spiro atoms. The first-order valence-electron chi connectivity index (χ1n) is 11.1. The molecule has 5 nitrogen and oxygen atoms in total. The predicted molar refractivity (Wildman–Crippen MR) is 129 cm³/mol. The number of aryl methyl sites for hydroxylation is 1. The van der Waals surface area contributed by atoms with Crippen LogP contribution in [0.4, 0.5) is 0 Å². The minimum atomic E-state index is -0.352. The Labute approximate surface area is 193 Å².